The third-order valence-electron chi connectivity index (χ3n) is 5.03. The number of fused-ring (bicyclic) bond motifs is 1. The molecule has 4 rings (SSSR count). The zero-order valence-corrected chi connectivity index (χ0v) is 16.0. The first kappa shape index (κ1) is 18.0. The predicted octanol–water partition coefficient (Wildman–Crippen LogP) is 2.82. The van der Waals surface area contributed by atoms with Gasteiger partial charge in [-0.05, 0) is 61.7 Å². The quantitative estimate of drug-likeness (QED) is 0.814. The zero-order valence-electron chi connectivity index (χ0n) is 15.2. The van der Waals surface area contributed by atoms with Crippen LogP contribution in [0.1, 0.15) is 28.8 Å². The molecule has 1 amide bonds. The van der Waals surface area contributed by atoms with Gasteiger partial charge in [0, 0.05) is 18.7 Å². The molecule has 0 aromatic heterocycles. The van der Waals surface area contributed by atoms with Gasteiger partial charge in [0.1, 0.15) is 12.4 Å². The van der Waals surface area contributed by atoms with E-state index in [2.05, 4.69) is 0 Å². The Labute approximate surface area is 159 Å². The monoisotopic (exact) mass is 386 g/mol. The average molecular weight is 386 g/mol. The fourth-order valence-corrected chi connectivity index (χ4v) is 5.06. The maximum absolute atomic E-state index is 13.0. The number of amides is 1. The zero-order chi connectivity index (χ0) is 19.0. The number of ether oxygens (including phenoxy) is 1. The van der Waals surface area contributed by atoms with Crippen LogP contribution in [-0.4, -0.2) is 44.9 Å². The normalized spacial score (nSPS) is 17.4. The summed E-state index contributed by atoms with van der Waals surface area (Å²) in [4.78, 5) is 14.9. The topological polar surface area (TPSA) is 66.9 Å². The highest BCUT2D eigenvalue weighted by Crippen LogP contribution is 2.33. The molecule has 2 aromatic carbocycles. The van der Waals surface area contributed by atoms with Crippen molar-refractivity contribution in [2.24, 2.45) is 0 Å². The van der Waals surface area contributed by atoms with Crippen molar-refractivity contribution in [1.82, 2.24) is 4.31 Å². The maximum atomic E-state index is 13.0. The Balaban J connectivity index is 1.60. The van der Waals surface area contributed by atoms with Crippen LogP contribution in [0.15, 0.2) is 47.4 Å². The third kappa shape index (κ3) is 3.33. The van der Waals surface area contributed by atoms with Gasteiger partial charge >= 0.3 is 0 Å². The van der Waals surface area contributed by atoms with E-state index < -0.39 is 10.0 Å². The second kappa shape index (κ2) is 6.98. The molecule has 1 saturated heterocycles. The Kier molecular flexibility index (Phi) is 4.65. The van der Waals surface area contributed by atoms with Crippen molar-refractivity contribution in [1.29, 1.82) is 0 Å². The number of carbonyl (C=O) groups excluding carboxylic acids is 1. The fraction of sp³-hybridized carbons (Fsp3) is 0.350. The first-order valence-electron chi connectivity index (χ1n) is 9.12. The van der Waals surface area contributed by atoms with E-state index in [4.69, 9.17) is 4.74 Å². The molecule has 7 heteroatoms. The van der Waals surface area contributed by atoms with E-state index in [0.717, 1.165) is 24.1 Å². The smallest absolute Gasteiger partial charge is 0.258 e. The molecule has 2 aliphatic heterocycles. The number of nitrogens with zero attached hydrogens (tertiary/aromatic N) is 2. The molecule has 0 N–H and O–H groups in total. The SMILES string of the molecule is Cc1ccc2c(c1)N(C(=O)c1ccc(S(=O)(=O)N3CCCC3)cc1)CCO2. The van der Waals surface area contributed by atoms with Gasteiger partial charge in [-0.25, -0.2) is 8.42 Å². The van der Waals surface area contributed by atoms with E-state index in [1.165, 1.54) is 16.4 Å². The highest BCUT2D eigenvalue weighted by molar-refractivity contribution is 7.89. The minimum absolute atomic E-state index is 0.157. The number of anilines is 1. The molecule has 0 saturated carbocycles. The van der Waals surface area contributed by atoms with Crippen molar-refractivity contribution in [2.45, 2.75) is 24.7 Å². The molecule has 0 atom stereocenters. The van der Waals surface area contributed by atoms with Crippen LogP contribution in [0.4, 0.5) is 5.69 Å². The van der Waals surface area contributed by atoms with Crippen LogP contribution in [0, 0.1) is 6.92 Å². The number of benzene rings is 2. The summed E-state index contributed by atoms with van der Waals surface area (Å²) in [7, 11) is -3.47. The van der Waals surface area contributed by atoms with Gasteiger partial charge in [0.25, 0.3) is 5.91 Å². The van der Waals surface area contributed by atoms with Gasteiger partial charge in [0.15, 0.2) is 0 Å². The molecule has 0 radical (unpaired) electrons. The van der Waals surface area contributed by atoms with Crippen molar-refractivity contribution in [3.8, 4) is 5.75 Å². The molecule has 0 bridgehead atoms. The van der Waals surface area contributed by atoms with E-state index in [1.54, 1.807) is 17.0 Å². The Bertz CT molecular complexity index is 964. The maximum Gasteiger partial charge on any atom is 0.258 e. The van der Waals surface area contributed by atoms with E-state index in [-0.39, 0.29) is 10.8 Å². The van der Waals surface area contributed by atoms with E-state index >= 15 is 0 Å². The van der Waals surface area contributed by atoms with E-state index in [0.29, 0.717) is 37.6 Å². The van der Waals surface area contributed by atoms with Crippen LogP contribution in [-0.2, 0) is 10.0 Å². The molecule has 0 spiro atoms. The minimum atomic E-state index is -3.47. The summed E-state index contributed by atoms with van der Waals surface area (Å²) in [5.41, 5.74) is 2.26. The van der Waals surface area contributed by atoms with Gasteiger partial charge in [-0.2, -0.15) is 4.31 Å². The Hall–Kier alpha value is -2.38. The van der Waals surface area contributed by atoms with Crippen molar-refractivity contribution < 1.29 is 17.9 Å². The summed E-state index contributed by atoms with van der Waals surface area (Å²) in [6.07, 6.45) is 1.79. The molecule has 2 aliphatic rings. The molecule has 1 fully saturated rings. The molecule has 142 valence electrons. The largest absolute Gasteiger partial charge is 0.490 e. The molecule has 2 aromatic rings. The number of sulfonamides is 1. The van der Waals surface area contributed by atoms with Crippen molar-refractivity contribution >= 4 is 21.6 Å². The van der Waals surface area contributed by atoms with Crippen LogP contribution in [0.2, 0.25) is 0 Å². The standard InChI is InChI=1S/C20H22N2O4S/c1-15-4-9-19-18(14-15)22(12-13-26-19)20(23)16-5-7-17(8-6-16)27(24,25)21-10-2-3-11-21/h4-9,14H,2-3,10-13H2,1H3. The lowest BCUT2D eigenvalue weighted by molar-refractivity contribution is 0.0976. The van der Waals surface area contributed by atoms with Gasteiger partial charge in [0.2, 0.25) is 10.0 Å². The number of hydrogen-bond acceptors (Lipinski definition) is 4. The van der Waals surface area contributed by atoms with Crippen LogP contribution >= 0.6 is 0 Å². The minimum Gasteiger partial charge on any atom is -0.490 e. The molecular weight excluding hydrogens is 364 g/mol. The van der Waals surface area contributed by atoms with Crippen LogP contribution in [0.5, 0.6) is 5.75 Å². The van der Waals surface area contributed by atoms with Gasteiger partial charge in [-0.3, -0.25) is 4.79 Å². The Morgan fingerprint density at radius 2 is 1.70 bits per heavy atom. The number of carbonyl (C=O) groups is 1. The summed E-state index contributed by atoms with van der Waals surface area (Å²) < 4.78 is 32.4. The molecule has 2 heterocycles. The van der Waals surface area contributed by atoms with Crippen LogP contribution in [0.3, 0.4) is 0 Å². The van der Waals surface area contributed by atoms with Gasteiger partial charge in [0.05, 0.1) is 17.1 Å². The summed E-state index contributed by atoms with van der Waals surface area (Å²) in [5.74, 6) is 0.531. The highest BCUT2D eigenvalue weighted by atomic mass is 32.2. The number of rotatable bonds is 3. The van der Waals surface area contributed by atoms with Gasteiger partial charge < -0.3 is 9.64 Å². The van der Waals surface area contributed by atoms with Gasteiger partial charge in [-0.1, -0.05) is 6.07 Å². The van der Waals surface area contributed by atoms with Crippen molar-refractivity contribution in [3.63, 3.8) is 0 Å². The lowest BCUT2D eigenvalue weighted by Crippen LogP contribution is -2.38. The first-order chi connectivity index (χ1) is 13.0. The van der Waals surface area contributed by atoms with Crippen LogP contribution < -0.4 is 9.64 Å². The lowest BCUT2D eigenvalue weighted by atomic mass is 10.1. The number of hydrogen-bond donors (Lipinski definition) is 0. The van der Waals surface area contributed by atoms with Gasteiger partial charge in [-0.15, -0.1) is 0 Å². The molecule has 0 unspecified atom stereocenters. The molecule has 0 aliphatic carbocycles. The first-order valence-corrected chi connectivity index (χ1v) is 10.6. The lowest BCUT2D eigenvalue weighted by Gasteiger charge is -2.30. The molecule has 6 nitrogen and oxygen atoms in total. The predicted molar refractivity (Wildman–Crippen MR) is 103 cm³/mol. The van der Waals surface area contributed by atoms with Crippen LogP contribution in [0.25, 0.3) is 0 Å². The molecular formula is C20H22N2O4S. The fourth-order valence-electron chi connectivity index (χ4n) is 3.54. The van der Waals surface area contributed by atoms with Crippen molar-refractivity contribution in [3.05, 3.63) is 53.6 Å². The van der Waals surface area contributed by atoms with E-state index in [1.807, 2.05) is 25.1 Å². The average Bonchev–Trinajstić information content (AvgIpc) is 3.23. The summed E-state index contributed by atoms with van der Waals surface area (Å²) in [5, 5.41) is 0. The second-order valence-corrected chi connectivity index (χ2v) is 8.85. The number of aryl methyl sites for hydroxylation is 1. The third-order valence-corrected chi connectivity index (χ3v) is 6.94. The summed E-state index contributed by atoms with van der Waals surface area (Å²) in [6, 6.07) is 12.0. The summed E-state index contributed by atoms with van der Waals surface area (Å²) >= 11 is 0. The summed E-state index contributed by atoms with van der Waals surface area (Å²) in [6.45, 7) is 3.99. The Morgan fingerprint density at radius 1 is 1.00 bits per heavy atom. The second-order valence-electron chi connectivity index (χ2n) is 6.91. The van der Waals surface area contributed by atoms with E-state index in [9.17, 15) is 13.2 Å². The van der Waals surface area contributed by atoms with Crippen molar-refractivity contribution in [2.75, 3.05) is 31.1 Å². The Morgan fingerprint density at radius 3 is 2.41 bits per heavy atom. The molecule has 27 heavy (non-hydrogen) atoms. The highest BCUT2D eigenvalue weighted by Gasteiger charge is 2.28.